The van der Waals surface area contributed by atoms with Crippen LogP contribution in [0.3, 0.4) is 0 Å². The highest BCUT2D eigenvalue weighted by atomic mass is 32.2. The van der Waals surface area contributed by atoms with Crippen molar-refractivity contribution in [3.05, 3.63) is 77.9 Å². The molecule has 4 rings (SSSR count). The Kier molecular flexibility index (Phi) is 5.63. The maximum atomic E-state index is 13.5. The van der Waals surface area contributed by atoms with E-state index in [1.807, 2.05) is 61.5 Å². The van der Waals surface area contributed by atoms with E-state index in [9.17, 15) is 4.79 Å². The molecular formula is C23H22N2O2S. The van der Waals surface area contributed by atoms with Gasteiger partial charge in [0.1, 0.15) is 5.75 Å². The first-order valence-corrected chi connectivity index (χ1v) is 10.4. The van der Waals surface area contributed by atoms with E-state index in [1.54, 1.807) is 16.7 Å². The summed E-state index contributed by atoms with van der Waals surface area (Å²) in [6.07, 6.45) is 0. The average molecular weight is 391 g/mol. The fraction of sp³-hybridized carbons (Fsp3) is 0.217. The topological polar surface area (TPSA) is 41.9 Å². The van der Waals surface area contributed by atoms with E-state index in [0.717, 1.165) is 21.7 Å². The van der Waals surface area contributed by atoms with Gasteiger partial charge < -0.3 is 4.74 Å². The lowest BCUT2D eigenvalue weighted by atomic mass is 10.0. The number of amidine groups is 1. The standard InChI is InChI=1S/C23H22N2O2S/c1-2-27-20-13-12-18-10-6-7-11-19(18)21(20)22(26)25-15-14-24-23(25)28-16-17-8-4-3-5-9-17/h3-13H,2,14-16H2,1H3. The zero-order chi connectivity index (χ0) is 19.3. The number of nitrogens with zero attached hydrogens (tertiary/aromatic N) is 2. The molecule has 0 atom stereocenters. The Morgan fingerprint density at radius 2 is 1.86 bits per heavy atom. The van der Waals surface area contributed by atoms with Gasteiger partial charge in [0.05, 0.1) is 18.7 Å². The number of aliphatic imine (C=N–C) groups is 1. The number of ether oxygens (including phenoxy) is 1. The predicted octanol–water partition coefficient (Wildman–Crippen LogP) is 4.98. The van der Waals surface area contributed by atoms with Gasteiger partial charge in [-0.05, 0) is 29.3 Å². The molecule has 3 aromatic carbocycles. The summed E-state index contributed by atoms with van der Waals surface area (Å²) in [6.45, 7) is 3.69. The molecule has 0 fully saturated rings. The Hall–Kier alpha value is -2.79. The first-order chi connectivity index (χ1) is 13.8. The average Bonchev–Trinajstić information content (AvgIpc) is 3.21. The Morgan fingerprint density at radius 3 is 2.68 bits per heavy atom. The van der Waals surface area contributed by atoms with Crippen molar-refractivity contribution in [2.24, 2.45) is 4.99 Å². The molecule has 0 radical (unpaired) electrons. The zero-order valence-corrected chi connectivity index (χ0v) is 16.6. The fourth-order valence-electron chi connectivity index (χ4n) is 3.34. The normalized spacial score (nSPS) is 13.6. The minimum Gasteiger partial charge on any atom is -0.493 e. The van der Waals surface area contributed by atoms with E-state index < -0.39 is 0 Å². The summed E-state index contributed by atoms with van der Waals surface area (Å²) >= 11 is 1.61. The molecule has 0 unspecified atom stereocenters. The molecular weight excluding hydrogens is 368 g/mol. The Balaban J connectivity index is 1.63. The number of hydrogen-bond donors (Lipinski definition) is 0. The highest BCUT2D eigenvalue weighted by Crippen LogP contribution is 2.31. The maximum Gasteiger partial charge on any atom is 0.264 e. The van der Waals surface area contributed by atoms with Crippen LogP contribution in [0.5, 0.6) is 5.75 Å². The van der Waals surface area contributed by atoms with Crippen molar-refractivity contribution >= 4 is 33.6 Å². The number of carbonyl (C=O) groups excluding carboxylic acids is 1. The van der Waals surface area contributed by atoms with Crippen molar-refractivity contribution in [1.82, 2.24) is 4.90 Å². The van der Waals surface area contributed by atoms with Crippen molar-refractivity contribution in [2.75, 3.05) is 19.7 Å². The molecule has 1 amide bonds. The summed E-state index contributed by atoms with van der Waals surface area (Å²) in [7, 11) is 0. The smallest absolute Gasteiger partial charge is 0.264 e. The maximum absolute atomic E-state index is 13.5. The van der Waals surface area contributed by atoms with Crippen molar-refractivity contribution in [2.45, 2.75) is 12.7 Å². The number of benzene rings is 3. The molecule has 0 N–H and O–H groups in total. The zero-order valence-electron chi connectivity index (χ0n) is 15.8. The lowest BCUT2D eigenvalue weighted by Crippen LogP contribution is -2.33. The summed E-state index contributed by atoms with van der Waals surface area (Å²) in [4.78, 5) is 19.9. The van der Waals surface area contributed by atoms with Crippen LogP contribution in [-0.4, -0.2) is 35.7 Å². The van der Waals surface area contributed by atoms with Crippen LogP contribution in [0, 0.1) is 0 Å². The van der Waals surface area contributed by atoms with Crippen LogP contribution in [0.4, 0.5) is 0 Å². The van der Waals surface area contributed by atoms with Gasteiger partial charge in [-0.1, -0.05) is 72.4 Å². The number of amides is 1. The molecule has 0 aliphatic carbocycles. The summed E-state index contributed by atoms with van der Waals surface area (Å²) < 4.78 is 5.80. The van der Waals surface area contributed by atoms with Crippen LogP contribution in [0.2, 0.25) is 0 Å². The number of thioether (sulfide) groups is 1. The molecule has 3 aromatic rings. The summed E-state index contributed by atoms with van der Waals surface area (Å²) in [5.74, 6) is 1.37. The van der Waals surface area contributed by atoms with Crippen LogP contribution >= 0.6 is 11.8 Å². The molecule has 1 aliphatic rings. The molecule has 0 saturated heterocycles. The van der Waals surface area contributed by atoms with Gasteiger partial charge in [-0.2, -0.15) is 0 Å². The lowest BCUT2D eigenvalue weighted by Gasteiger charge is -2.21. The van der Waals surface area contributed by atoms with Gasteiger partial charge in [-0.25, -0.2) is 0 Å². The molecule has 1 aliphatic heterocycles. The Labute approximate surface area is 169 Å². The van der Waals surface area contributed by atoms with E-state index in [4.69, 9.17) is 4.74 Å². The second kappa shape index (κ2) is 8.48. The third-order valence-corrected chi connectivity index (χ3v) is 5.75. The van der Waals surface area contributed by atoms with Crippen LogP contribution in [0.15, 0.2) is 71.7 Å². The van der Waals surface area contributed by atoms with Gasteiger partial charge >= 0.3 is 0 Å². The fourth-order valence-corrected chi connectivity index (χ4v) is 4.34. The van der Waals surface area contributed by atoms with E-state index in [2.05, 4.69) is 17.1 Å². The first kappa shape index (κ1) is 18.6. The summed E-state index contributed by atoms with van der Waals surface area (Å²) in [5, 5.41) is 2.73. The minimum absolute atomic E-state index is 0.0444. The first-order valence-electron chi connectivity index (χ1n) is 9.45. The second-order valence-electron chi connectivity index (χ2n) is 6.49. The van der Waals surface area contributed by atoms with Gasteiger partial charge in [0.15, 0.2) is 5.17 Å². The summed E-state index contributed by atoms with van der Waals surface area (Å²) in [5.41, 5.74) is 1.84. The monoisotopic (exact) mass is 390 g/mol. The molecule has 0 bridgehead atoms. The molecule has 5 heteroatoms. The van der Waals surface area contributed by atoms with Crippen molar-refractivity contribution < 1.29 is 9.53 Å². The van der Waals surface area contributed by atoms with Crippen molar-refractivity contribution in [3.63, 3.8) is 0 Å². The van der Waals surface area contributed by atoms with Crippen LogP contribution in [-0.2, 0) is 5.75 Å². The SMILES string of the molecule is CCOc1ccc2ccccc2c1C(=O)N1CCN=C1SCc1ccccc1. The minimum atomic E-state index is -0.0444. The van der Waals surface area contributed by atoms with Crippen LogP contribution < -0.4 is 4.74 Å². The van der Waals surface area contributed by atoms with Gasteiger partial charge in [0.2, 0.25) is 0 Å². The molecule has 142 valence electrons. The van der Waals surface area contributed by atoms with Crippen molar-refractivity contribution in [3.8, 4) is 5.75 Å². The molecule has 28 heavy (non-hydrogen) atoms. The Bertz CT molecular complexity index is 1020. The van der Waals surface area contributed by atoms with Crippen LogP contribution in [0.1, 0.15) is 22.8 Å². The molecule has 0 spiro atoms. The van der Waals surface area contributed by atoms with Gasteiger partial charge in [0, 0.05) is 12.3 Å². The summed E-state index contributed by atoms with van der Waals surface area (Å²) in [6, 6.07) is 22.1. The van der Waals surface area contributed by atoms with Gasteiger partial charge in [-0.15, -0.1) is 0 Å². The number of fused-ring (bicyclic) bond motifs is 1. The number of rotatable bonds is 5. The highest BCUT2D eigenvalue weighted by Gasteiger charge is 2.28. The van der Waals surface area contributed by atoms with Crippen molar-refractivity contribution in [1.29, 1.82) is 0 Å². The van der Waals surface area contributed by atoms with Gasteiger partial charge in [-0.3, -0.25) is 14.7 Å². The van der Waals surface area contributed by atoms with E-state index in [1.165, 1.54) is 5.56 Å². The number of carbonyl (C=O) groups is 1. The molecule has 4 nitrogen and oxygen atoms in total. The number of hydrogen-bond acceptors (Lipinski definition) is 4. The quantitative estimate of drug-likeness (QED) is 0.617. The largest absolute Gasteiger partial charge is 0.493 e. The highest BCUT2D eigenvalue weighted by molar-refractivity contribution is 8.13. The van der Waals surface area contributed by atoms with E-state index >= 15 is 0 Å². The molecule has 1 heterocycles. The third-order valence-electron chi connectivity index (χ3n) is 4.66. The Morgan fingerprint density at radius 1 is 1.07 bits per heavy atom. The lowest BCUT2D eigenvalue weighted by molar-refractivity contribution is 0.0858. The third kappa shape index (κ3) is 3.76. The predicted molar refractivity (Wildman–Crippen MR) is 116 cm³/mol. The van der Waals surface area contributed by atoms with E-state index in [-0.39, 0.29) is 5.91 Å². The second-order valence-corrected chi connectivity index (χ2v) is 7.43. The molecule has 0 saturated carbocycles. The van der Waals surface area contributed by atoms with Crippen LogP contribution in [0.25, 0.3) is 10.8 Å². The van der Waals surface area contributed by atoms with E-state index in [0.29, 0.717) is 31.0 Å². The molecule has 0 aromatic heterocycles. The van der Waals surface area contributed by atoms with Gasteiger partial charge in [0.25, 0.3) is 5.91 Å².